The second-order valence-corrected chi connectivity index (χ2v) is 5.54. The molecular weight excluding hydrogens is 337 g/mol. The molecule has 0 unspecified atom stereocenters. The Balaban J connectivity index is 1.68. The zero-order chi connectivity index (χ0) is 18.5. The number of hydrogen-bond acceptors (Lipinski definition) is 4. The number of halogens is 1. The maximum absolute atomic E-state index is 12.9. The van der Waals surface area contributed by atoms with E-state index in [1.165, 1.54) is 29.2 Å². The van der Waals surface area contributed by atoms with Gasteiger partial charge in [-0.25, -0.2) is 4.39 Å². The number of benzene rings is 2. The molecule has 134 valence electrons. The first kappa shape index (κ1) is 17.5. The minimum Gasteiger partial charge on any atom is -0.495 e. The van der Waals surface area contributed by atoms with E-state index in [9.17, 15) is 9.18 Å². The van der Waals surface area contributed by atoms with Crippen LogP contribution in [0.4, 0.5) is 10.1 Å². The van der Waals surface area contributed by atoms with Crippen LogP contribution in [0.15, 0.2) is 65.1 Å². The van der Waals surface area contributed by atoms with Crippen molar-refractivity contribution in [2.45, 2.75) is 6.61 Å². The lowest BCUT2D eigenvalue weighted by Gasteiger charge is -2.18. The second kappa shape index (κ2) is 7.74. The largest absolute Gasteiger partial charge is 0.495 e. The number of anilines is 1. The van der Waals surface area contributed by atoms with Crippen LogP contribution in [0, 0.1) is 5.82 Å². The summed E-state index contributed by atoms with van der Waals surface area (Å²) in [7, 11) is 3.20. The van der Waals surface area contributed by atoms with Crippen LogP contribution >= 0.6 is 0 Å². The van der Waals surface area contributed by atoms with Gasteiger partial charge < -0.3 is 18.8 Å². The number of ether oxygens (including phenoxy) is 2. The molecule has 0 bridgehead atoms. The molecule has 0 saturated carbocycles. The van der Waals surface area contributed by atoms with Gasteiger partial charge in [0, 0.05) is 7.05 Å². The normalized spacial score (nSPS) is 10.4. The molecule has 1 amide bonds. The lowest BCUT2D eigenvalue weighted by molar-refractivity contribution is 0.0962. The predicted molar refractivity (Wildman–Crippen MR) is 95.2 cm³/mol. The molecule has 3 aromatic rings. The van der Waals surface area contributed by atoms with Gasteiger partial charge in [0.2, 0.25) is 0 Å². The van der Waals surface area contributed by atoms with Gasteiger partial charge in [0.05, 0.1) is 12.8 Å². The summed E-state index contributed by atoms with van der Waals surface area (Å²) in [5, 5.41) is 0. The minimum absolute atomic E-state index is 0.136. The average Bonchev–Trinajstić information content (AvgIpc) is 3.15. The highest BCUT2D eigenvalue weighted by Crippen LogP contribution is 2.28. The molecule has 0 aliphatic heterocycles. The number of rotatable bonds is 6. The van der Waals surface area contributed by atoms with Gasteiger partial charge in [0.15, 0.2) is 5.76 Å². The Labute approximate surface area is 150 Å². The fourth-order valence-electron chi connectivity index (χ4n) is 2.44. The van der Waals surface area contributed by atoms with Crippen molar-refractivity contribution in [2.24, 2.45) is 0 Å². The number of carbonyl (C=O) groups is 1. The molecular formula is C20H18FNO4. The lowest BCUT2D eigenvalue weighted by Crippen LogP contribution is -2.26. The number of para-hydroxylation sites is 2. The molecule has 0 spiro atoms. The number of hydrogen-bond donors (Lipinski definition) is 0. The number of methoxy groups -OCH3 is 1. The molecule has 1 aromatic heterocycles. The Bertz CT molecular complexity index is 889. The van der Waals surface area contributed by atoms with Crippen LogP contribution in [0.3, 0.4) is 0 Å². The summed E-state index contributed by atoms with van der Waals surface area (Å²) < 4.78 is 29.3. The summed E-state index contributed by atoms with van der Waals surface area (Å²) in [6.07, 6.45) is 0. The monoisotopic (exact) mass is 355 g/mol. The van der Waals surface area contributed by atoms with Crippen molar-refractivity contribution in [2.75, 3.05) is 19.1 Å². The molecule has 2 aromatic carbocycles. The third-order valence-electron chi connectivity index (χ3n) is 3.82. The highest BCUT2D eigenvalue weighted by Gasteiger charge is 2.20. The van der Waals surface area contributed by atoms with Gasteiger partial charge in [0.25, 0.3) is 5.91 Å². The summed E-state index contributed by atoms with van der Waals surface area (Å²) in [5.74, 6) is 1.16. The van der Waals surface area contributed by atoms with Crippen LogP contribution in [0.25, 0.3) is 0 Å². The molecule has 26 heavy (non-hydrogen) atoms. The van der Waals surface area contributed by atoms with Crippen molar-refractivity contribution in [3.63, 3.8) is 0 Å². The quantitative estimate of drug-likeness (QED) is 0.662. The fraction of sp³-hybridized carbons (Fsp3) is 0.150. The van der Waals surface area contributed by atoms with Crippen LogP contribution < -0.4 is 14.4 Å². The van der Waals surface area contributed by atoms with Crippen molar-refractivity contribution in [3.05, 3.63) is 78.0 Å². The number of amides is 1. The Kier molecular flexibility index (Phi) is 5.22. The summed E-state index contributed by atoms with van der Waals surface area (Å²) in [6, 6.07) is 16.2. The molecule has 3 rings (SSSR count). The summed E-state index contributed by atoms with van der Waals surface area (Å²) >= 11 is 0. The first-order chi connectivity index (χ1) is 12.6. The molecule has 0 aliphatic rings. The average molecular weight is 355 g/mol. The smallest absolute Gasteiger partial charge is 0.293 e. The summed E-state index contributed by atoms with van der Waals surface area (Å²) in [5.41, 5.74) is 0.639. The summed E-state index contributed by atoms with van der Waals surface area (Å²) in [6.45, 7) is 0.136. The highest BCUT2D eigenvalue weighted by atomic mass is 19.1. The molecule has 0 aliphatic carbocycles. The SMILES string of the molecule is COc1ccccc1N(C)C(=O)c1ccc(COc2ccc(F)cc2)o1. The van der Waals surface area contributed by atoms with Gasteiger partial charge >= 0.3 is 0 Å². The van der Waals surface area contributed by atoms with Crippen molar-refractivity contribution >= 4 is 11.6 Å². The van der Waals surface area contributed by atoms with Crippen LogP contribution in [0.1, 0.15) is 16.3 Å². The van der Waals surface area contributed by atoms with Gasteiger partial charge in [0.1, 0.15) is 29.7 Å². The Morgan fingerprint density at radius 1 is 1.08 bits per heavy atom. The van der Waals surface area contributed by atoms with Gasteiger partial charge in [-0.05, 0) is 48.5 Å². The highest BCUT2D eigenvalue weighted by molar-refractivity contribution is 6.04. The Morgan fingerprint density at radius 2 is 1.81 bits per heavy atom. The van der Waals surface area contributed by atoms with E-state index in [4.69, 9.17) is 13.9 Å². The van der Waals surface area contributed by atoms with Crippen LogP contribution in [0.2, 0.25) is 0 Å². The summed E-state index contributed by atoms with van der Waals surface area (Å²) in [4.78, 5) is 14.1. The molecule has 1 heterocycles. The number of furan rings is 1. The molecule has 0 fully saturated rings. The van der Waals surface area contributed by atoms with Gasteiger partial charge in [-0.1, -0.05) is 12.1 Å². The molecule has 0 N–H and O–H groups in total. The van der Waals surface area contributed by atoms with E-state index in [1.54, 1.807) is 38.4 Å². The van der Waals surface area contributed by atoms with E-state index in [-0.39, 0.29) is 24.1 Å². The van der Waals surface area contributed by atoms with E-state index in [2.05, 4.69) is 0 Å². The fourth-order valence-corrected chi connectivity index (χ4v) is 2.44. The molecule has 6 heteroatoms. The first-order valence-electron chi connectivity index (χ1n) is 7.96. The van der Waals surface area contributed by atoms with Crippen molar-refractivity contribution < 1.29 is 23.1 Å². The first-order valence-corrected chi connectivity index (χ1v) is 7.96. The van der Waals surface area contributed by atoms with E-state index in [1.807, 2.05) is 12.1 Å². The number of nitrogens with zero attached hydrogens (tertiary/aromatic N) is 1. The van der Waals surface area contributed by atoms with E-state index in [0.717, 1.165) is 0 Å². The van der Waals surface area contributed by atoms with E-state index in [0.29, 0.717) is 22.9 Å². The van der Waals surface area contributed by atoms with Crippen LogP contribution in [-0.4, -0.2) is 20.1 Å². The third kappa shape index (κ3) is 3.85. The lowest BCUT2D eigenvalue weighted by atomic mass is 10.2. The standard InChI is InChI=1S/C20H18FNO4/c1-22(17-5-3-4-6-18(17)24-2)20(23)19-12-11-16(26-19)13-25-15-9-7-14(21)8-10-15/h3-12H,13H2,1-2H3. The van der Waals surface area contributed by atoms with Gasteiger partial charge in [-0.2, -0.15) is 0 Å². The Hall–Kier alpha value is -3.28. The number of carbonyl (C=O) groups excluding carboxylic acids is 1. The van der Waals surface area contributed by atoms with Crippen molar-refractivity contribution in [3.8, 4) is 11.5 Å². The van der Waals surface area contributed by atoms with Crippen LogP contribution in [0.5, 0.6) is 11.5 Å². The molecule has 0 atom stereocenters. The maximum Gasteiger partial charge on any atom is 0.293 e. The van der Waals surface area contributed by atoms with Gasteiger partial charge in [-0.3, -0.25) is 4.79 Å². The van der Waals surface area contributed by atoms with Crippen molar-refractivity contribution in [1.29, 1.82) is 0 Å². The zero-order valence-electron chi connectivity index (χ0n) is 14.4. The topological polar surface area (TPSA) is 51.9 Å². The van der Waals surface area contributed by atoms with Gasteiger partial charge in [-0.15, -0.1) is 0 Å². The molecule has 0 saturated heterocycles. The predicted octanol–water partition coefficient (Wildman–Crippen LogP) is 4.28. The molecule has 0 radical (unpaired) electrons. The van der Waals surface area contributed by atoms with E-state index < -0.39 is 0 Å². The van der Waals surface area contributed by atoms with E-state index >= 15 is 0 Å². The second-order valence-electron chi connectivity index (χ2n) is 5.54. The van der Waals surface area contributed by atoms with Crippen molar-refractivity contribution in [1.82, 2.24) is 0 Å². The third-order valence-corrected chi connectivity index (χ3v) is 3.82. The van der Waals surface area contributed by atoms with Crippen LogP contribution in [-0.2, 0) is 6.61 Å². The minimum atomic E-state index is -0.331. The zero-order valence-corrected chi connectivity index (χ0v) is 14.4. The molecule has 5 nitrogen and oxygen atoms in total. The Morgan fingerprint density at radius 3 is 2.54 bits per heavy atom. The maximum atomic E-state index is 12.9.